The van der Waals surface area contributed by atoms with Crippen LogP contribution in [0.15, 0.2) is 65.4 Å². The first-order chi connectivity index (χ1) is 14.3. The van der Waals surface area contributed by atoms with Crippen LogP contribution in [0.25, 0.3) is 6.08 Å². The molecule has 1 aliphatic heterocycles. The van der Waals surface area contributed by atoms with Gasteiger partial charge in [0, 0.05) is 11.4 Å². The van der Waals surface area contributed by atoms with E-state index in [4.69, 9.17) is 15.2 Å². The number of amides is 2. The average molecular weight is 410 g/mol. The van der Waals surface area contributed by atoms with Gasteiger partial charge >= 0.3 is 5.97 Å². The van der Waals surface area contributed by atoms with Gasteiger partial charge in [-0.05, 0) is 55.0 Å². The van der Waals surface area contributed by atoms with Gasteiger partial charge in [-0.15, -0.1) is 0 Å². The SMILES string of the molecule is COC(=O)C1=C(C)N(c2ccc(F)cc2)C(=O)C1=Cc1ccc(OCC(N)=O)cc1. The summed E-state index contributed by atoms with van der Waals surface area (Å²) in [6.07, 6.45) is 1.56. The van der Waals surface area contributed by atoms with Gasteiger partial charge in [-0.1, -0.05) is 12.1 Å². The maximum Gasteiger partial charge on any atom is 0.340 e. The Morgan fingerprint density at radius 1 is 1.10 bits per heavy atom. The Balaban J connectivity index is 1.98. The summed E-state index contributed by atoms with van der Waals surface area (Å²) in [6, 6.07) is 11.9. The fraction of sp³-hybridized carbons (Fsp3) is 0.136. The van der Waals surface area contributed by atoms with Crippen LogP contribution >= 0.6 is 0 Å². The van der Waals surface area contributed by atoms with Crippen molar-refractivity contribution >= 4 is 29.5 Å². The van der Waals surface area contributed by atoms with E-state index in [0.717, 1.165) is 0 Å². The third kappa shape index (κ3) is 4.22. The molecular formula is C22H19FN2O5. The first-order valence-electron chi connectivity index (χ1n) is 8.94. The van der Waals surface area contributed by atoms with E-state index in [1.807, 2.05) is 0 Å². The van der Waals surface area contributed by atoms with Crippen molar-refractivity contribution in [3.05, 3.63) is 76.8 Å². The van der Waals surface area contributed by atoms with Gasteiger partial charge in [-0.25, -0.2) is 9.18 Å². The van der Waals surface area contributed by atoms with Gasteiger partial charge in [0.15, 0.2) is 6.61 Å². The molecule has 2 amide bonds. The minimum absolute atomic E-state index is 0.126. The second kappa shape index (κ2) is 8.60. The fourth-order valence-corrected chi connectivity index (χ4v) is 3.06. The first kappa shape index (κ1) is 20.8. The molecule has 0 fully saturated rings. The van der Waals surface area contributed by atoms with Gasteiger partial charge in [-0.3, -0.25) is 14.5 Å². The number of nitrogens with two attached hydrogens (primary N) is 1. The normalized spacial score (nSPS) is 15.0. The van der Waals surface area contributed by atoms with Gasteiger partial charge in [0.2, 0.25) is 0 Å². The number of rotatable bonds is 6. The molecule has 0 spiro atoms. The largest absolute Gasteiger partial charge is 0.484 e. The van der Waals surface area contributed by atoms with Crippen LogP contribution in [0, 0.1) is 5.82 Å². The minimum atomic E-state index is -0.655. The number of esters is 1. The highest BCUT2D eigenvalue weighted by Crippen LogP contribution is 2.35. The maximum absolute atomic E-state index is 13.3. The van der Waals surface area contributed by atoms with Crippen molar-refractivity contribution in [1.82, 2.24) is 0 Å². The van der Waals surface area contributed by atoms with E-state index in [1.54, 1.807) is 37.3 Å². The van der Waals surface area contributed by atoms with Gasteiger partial charge < -0.3 is 15.2 Å². The Bertz CT molecular complexity index is 1060. The smallest absolute Gasteiger partial charge is 0.340 e. The van der Waals surface area contributed by atoms with E-state index in [9.17, 15) is 18.8 Å². The van der Waals surface area contributed by atoms with Crippen molar-refractivity contribution < 1.29 is 28.2 Å². The molecule has 154 valence electrons. The zero-order valence-corrected chi connectivity index (χ0v) is 16.3. The van der Waals surface area contributed by atoms with E-state index in [2.05, 4.69) is 0 Å². The summed E-state index contributed by atoms with van der Waals surface area (Å²) in [4.78, 5) is 37.6. The predicted molar refractivity (Wildman–Crippen MR) is 108 cm³/mol. The molecule has 3 rings (SSSR count). The number of carbonyl (C=O) groups is 3. The zero-order valence-electron chi connectivity index (χ0n) is 16.3. The molecule has 0 saturated heterocycles. The van der Waals surface area contributed by atoms with Crippen molar-refractivity contribution in [2.75, 3.05) is 18.6 Å². The Labute approximate surface area is 172 Å². The molecule has 0 radical (unpaired) electrons. The Morgan fingerprint density at radius 3 is 2.30 bits per heavy atom. The first-order valence-corrected chi connectivity index (χ1v) is 8.94. The van der Waals surface area contributed by atoms with Crippen molar-refractivity contribution in [1.29, 1.82) is 0 Å². The molecule has 0 unspecified atom stereocenters. The standard InChI is InChI=1S/C22H19FN2O5/c1-13-20(22(28)29-2)18(21(27)25(13)16-7-5-15(23)6-8-16)11-14-3-9-17(10-4-14)30-12-19(24)26/h3-11H,12H2,1-2H3,(H2,24,26). The number of allylic oxidation sites excluding steroid dienone is 1. The Morgan fingerprint density at radius 2 is 1.73 bits per heavy atom. The lowest BCUT2D eigenvalue weighted by Gasteiger charge is -2.17. The second-order valence-electron chi connectivity index (χ2n) is 6.45. The maximum atomic E-state index is 13.3. The number of ether oxygens (including phenoxy) is 2. The molecule has 30 heavy (non-hydrogen) atoms. The number of carbonyl (C=O) groups excluding carboxylic acids is 3. The van der Waals surface area contributed by atoms with Crippen molar-refractivity contribution in [2.45, 2.75) is 6.92 Å². The average Bonchev–Trinajstić information content (AvgIpc) is 2.97. The molecular weight excluding hydrogens is 391 g/mol. The van der Waals surface area contributed by atoms with Gasteiger partial charge in [0.05, 0.1) is 18.3 Å². The molecule has 2 N–H and O–H groups in total. The number of anilines is 1. The highest BCUT2D eigenvalue weighted by atomic mass is 19.1. The number of nitrogens with zero attached hydrogens (tertiary/aromatic N) is 1. The van der Waals surface area contributed by atoms with Crippen LogP contribution in [0.5, 0.6) is 5.75 Å². The summed E-state index contributed by atoms with van der Waals surface area (Å²) in [5, 5.41) is 0. The molecule has 2 aromatic carbocycles. The van der Waals surface area contributed by atoms with Crippen LogP contribution in [0.4, 0.5) is 10.1 Å². The van der Waals surface area contributed by atoms with Crippen molar-refractivity contribution in [2.24, 2.45) is 5.73 Å². The molecule has 0 saturated carbocycles. The third-order valence-corrected chi connectivity index (χ3v) is 4.45. The summed E-state index contributed by atoms with van der Waals surface area (Å²) < 4.78 is 23.4. The van der Waals surface area contributed by atoms with Crippen molar-refractivity contribution in [3.63, 3.8) is 0 Å². The molecule has 0 aliphatic carbocycles. The number of hydrogen-bond acceptors (Lipinski definition) is 5. The predicted octanol–water partition coefficient (Wildman–Crippen LogP) is 2.57. The van der Waals surface area contributed by atoms with Crippen LogP contribution < -0.4 is 15.4 Å². The molecule has 8 heteroatoms. The summed E-state index contributed by atoms with van der Waals surface area (Å²) in [7, 11) is 1.23. The van der Waals surface area contributed by atoms with Gasteiger partial charge in [-0.2, -0.15) is 0 Å². The minimum Gasteiger partial charge on any atom is -0.484 e. The zero-order chi connectivity index (χ0) is 21.8. The van der Waals surface area contributed by atoms with E-state index >= 15 is 0 Å². The van der Waals surface area contributed by atoms with Gasteiger partial charge in [0.25, 0.3) is 11.8 Å². The second-order valence-corrected chi connectivity index (χ2v) is 6.45. The molecule has 0 bridgehead atoms. The lowest BCUT2D eigenvalue weighted by molar-refractivity contribution is -0.136. The number of primary amides is 1. The van der Waals surface area contributed by atoms with Crippen LogP contribution in [-0.4, -0.2) is 31.5 Å². The molecule has 0 aromatic heterocycles. The molecule has 7 nitrogen and oxygen atoms in total. The van der Waals surface area contributed by atoms with E-state index in [-0.39, 0.29) is 17.8 Å². The van der Waals surface area contributed by atoms with E-state index < -0.39 is 23.6 Å². The summed E-state index contributed by atoms with van der Waals surface area (Å²) in [6.45, 7) is 1.37. The highest BCUT2D eigenvalue weighted by Gasteiger charge is 2.37. The number of methoxy groups -OCH3 is 1. The summed E-state index contributed by atoms with van der Waals surface area (Å²) in [5.74, 6) is -1.69. The van der Waals surface area contributed by atoms with Crippen LogP contribution in [-0.2, 0) is 19.1 Å². The lowest BCUT2D eigenvalue weighted by Crippen LogP contribution is -2.24. The summed E-state index contributed by atoms with van der Waals surface area (Å²) in [5.41, 5.74) is 6.76. The molecule has 2 aromatic rings. The Hall–Kier alpha value is -3.94. The lowest BCUT2D eigenvalue weighted by atomic mass is 10.0. The summed E-state index contributed by atoms with van der Waals surface area (Å²) >= 11 is 0. The highest BCUT2D eigenvalue weighted by molar-refractivity contribution is 6.23. The fourth-order valence-electron chi connectivity index (χ4n) is 3.06. The third-order valence-electron chi connectivity index (χ3n) is 4.45. The number of hydrogen-bond donors (Lipinski definition) is 1. The Kier molecular flexibility index (Phi) is 5.96. The quantitative estimate of drug-likeness (QED) is 0.583. The number of halogens is 1. The van der Waals surface area contributed by atoms with Crippen LogP contribution in [0.1, 0.15) is 12.5 Å². The van der Waals surface area contributed by atoms with Gasteiger partial charge in [0.1, 0.15) is 11.6 Å². The van der Waals surface area contributed by atoms with Crippen LogP contribution in [0.3, 0.4) is 0 Å². The van der Waals surface area contributed by atoms with E-state index in [0.29, 0.717) is 22.7 Å². The number of benzene rings is 2. The monoisotopic (exact) mass is 410 g/mol. The van der Waals surface area contributed by atoms with Crippen LogP contribution in [0.2, 0.25) is 0 Å². The molecule has 0 atom stereocenters. The molecule has 1 heterocycles. The molecule has 1 aliphatic rings. The topological polar surface area (TPSA) is 98.9 Å². The van der Waals surface area contributed by atoms with Crippen molar-refractivity contribution in [3.8, 4) is 5.75 Å². The van der Waals surface area contributed by atoms with E-state index in [1.165, 1.54) is 36.3 Å².